The number of benzene rings is 1. The molecule has 1 amide bonds. The summed E-state index contributed by atoms with van der Waals surface area (Å²) in [5, 5.41) is 7.32. The van der Waals surface area contributed by atoms with Gasteiger partial charge in [-0.3, -0.25) is 4.79 Å². The van der Waals surface area contributed by atoms with Crippen LogP contribution in [0.1, 0.15) is 48.6 Å². The monoisotopic (exact) mass is 296 g/mol. The van der Waals surface area contributed by atoms with Gasteiger partial charge in [-0.2, -0.15) is 0 Å². The van der Waals surface area contributed by atoms with Crippen LogP contribution < -0.4 is 5.32 Å². The summed E-state index contributed by atoms with van der Waals surface area (Å²) in [5.41, 5.74) is 3.20. The van der Waals surface area contributed by atoms with Crippen LogP contribution in [0.5, 0.6) is 0 Å². The molecule has 4 nitrogen and oxygen atoms in total. The molecule has 0 bridgehead atoms. The van der Waals surface area contributed by atoms with Gasteiger partial charge in [0.1, 0.15) is 5.76 Å². The van der Waals surface area contributed by atoms with E-state index in [9.17, 15) is 4.79 Å². The van der Waals surface area contributed by atoms with Gasteiger partial charge < -0.3 is 9.84 Å². The van der Waals surface area contributed by atoms with Crippen molar-refractivity contribution in [3.63, 3.8) is 0 Å². The number of hydrogen-bond acceptors (Lipinski definition) is 3. The molecule has 1 fully saturated rings. The van der Waals surface area contributed by atoms with Gasteiger partial charge in [-0.15, -0.1) is 0 Å². The number of aromatic nitrogens is 1. The summed E-state index contributed by atoms with van der Waals surface area (Å²) >= 11 is 0. The van der Waals surface area contributed by atoms with Gasteiger partial charge in [-0.25, -0.2) is 0 Å². The Labute approximate surface area is 129 Å². The second kappa shape index (κ2) is 5.59. The van der Waals surface area contributed by atoms with E-state index in [1.54, 1.807) is 0 Å². The van der Waals surface area contributed by atoms with E-state index in [-0.39, 0.29) is 17.7 Å². The second-order valence-electron chi connectivity index (χ2n) is 6.32. The summed E-state index contributed by atoms with van der Waals surface area (Å²) in [4.78, 5) is 12.5. The third-order valence-corrected chi connectivity index (χ3v) is 4.98. The molecule has 2 atom stereocenters. The minimum atomic E-state index is 0.0244. The molecule has 2 aliphatic rings. The van der Waals surface area contributed by atoms with Gasteiger partial charge in [0.2, 0.25) is 5.91 Å². The van der Waals surface area contributed by atoms with Crippen LogP contribution >= 0.6 is 0 Å². The standard InChI is InChI=1S/C18H20N2O2/c21-18(19-12-6-2-1-3-7-12)14-11-10-13(14)17-15-8-4-5-9-16(15)22-20-17/h1-3,6-7,13-14H,4-5,8-11H2,(H,19,21)/t13-,14-/m0/s1. The Morgan fingerprint density at radius 1 is 1.14 bits per heavy atom. The van der Waals surface area contributed by atoms with Gasteiger partial charge in [0.15, 0.2) is 0 Å². The molecular formula is C18H20N2O2. The molecular weight excluding hydrogens is 276 g/mol. The third-order valence-electron chi connectivity index (χ3n) is 4.98. The minimum absolute atomic E-state index is 0.0244. The first kappa shape index (κ1) is 13.6. The average Bonchev–Trinajstić information content (AvgIpc) is 2.91. The van der Waals surface area contributed by atoms with Crippen LogP contribution in [0.4, 0.5) is 5.69 Å². The molecule has 4 heteroatoms. The summed E-state index contributed by atoms with van der Waals surface area (Å²) in [7, 11) is 0. The van der Waals surface area contributed by atoms with Crippen molar-refractivity contribution in [1.82, 2.24) is 5.16 Å². The third kappa shape index (κ3) is 2.32. The molecule has 0 saturated heterocycles. The van der Waals surface area contributed by atoms with E-state index in [4.69, 9.17) is 4.52 Å². The topological polar surface area (TPSA) is 55.1 Å². The first-order valence-corrected chi connectivity index (χ1v) is 8.16. The maximum absolute atomic E-state index is 12.5. The van der Waals surface area contributed by atoms with Gasteiger partial charge in [0, 0.05) is 29.5 Å². The number of hydrogen-bond donors (Lipinski definition) is 1. The lowest BCUT2D eigenvalue weighted by molar-refractivity contribution is -0.123. The van der Waals surface area contributed by atoms with E-state index in [2.05, 4.69) is 10.5 Å². The van der Waals surface area contributed by atoms with Crippen LogP contribution in [0.15, 0.2) is 34.9 Å². The highest BCUT2D eigenvalue weighted by atomic mass is 16.5. The molecule has 1 heterocycles. The molecule has 1 aromatic heterocycles. The number of nitrogens with one attached hydrogen (secondary N) is 1. The van der Waals surface area contributed by atoms with Gasteiger partial charge in [0.05, 0.1) is 5.69 Å². The van der Waals surface area contributed by atoms with E-state index >= 15 is 0 Å². The van der Waals surface area contributed by atoms with Crippen LogP contribution in [0.2, 0.25) is 0 Å². The summed E-state index contributed by atoms with van der Waals surface area (Å²) in [6.45, 7) is 0. The zero-order valence-electron chi connectivity index (χ0n) is 12.5. The van der Waals surface area contributed by atoms with Crippen LogP contribution in [0, 0.1) is 5.92 Å². The molecule has 22 heavy (non-hydrogen) atoms. The first-order valence-electron chi connectivity index (χ1n) is 8.16. The quantitative estimate of drug-likeness (QED) is 0.940. The van der Waals surface area contributed by atoms with Crippen molar-refractivity contribution in [3.8, 4) is 0 Å². The molecule has 4 rings (SSSR count). The largest absolute Gasteiger partial charge is 0.361 e. The molecule has 114 valence electrons. The fraction of sp³-hybridized carbons (Fsp3) is 0.444. The summed E-state index contributed by atoms with van der Waals surface area (Å²) < 4.78 is 5.51. The highest BCUT2D eigenvalue weighted by molar-refractivity contribution is 5.93. The SMILES string of the molecule is O=C(Nc1ccccc1)[C@H]1CC[C@@H]1c1noc2c1CCCC2. The van der Waals surface area contributed by atoms with Crippen LogP contribution in [0.3, 0.4) is 0 Å². The van der Waals surface area contributed by atoms with Crippen molar-refractivity contribution in [2.24, 2.45) is 5.92 Å². The fourth-order valence-electron chi connectivity index (χ4n) is 3.60. The van der Waals surface area contributed by atoms with Crippen LogP contribution in [-0.2, 0) is 17.6 Å². The highest BCUT2D eigenvalue weighted by Gasteiger charge is 2.41. The lowest BCUT2D eigenvalue weighted by atomic mass is 9.69. The highest BCUT2D eigenvalue weighted by Crippen LogP contribution is 2.45. The first-order chi connectivity index (χ1) is 10.8. The maximum atomic E-state index is 12.5. The Morgan fingerprint density at radius 3 is 2.73 bits per heavy atom. The number of fused-ring (bicyclic) bond motifs is 1. The molecule has 1 N–H and O–H groups in total. The molecule has 2 aliphatic carbocycles. The summed E-state index contributed by atoms with van der Waals surface area (Å²) in [6.07, 6.45) is 6.41. The normalized spacial score (nSPS) is 23.5. The number of amides is 1. The lowest BCUT2D eigenvalue weighted by Gasteiger charge is -2.34. The van der Waals surface area contributed by atoms with E-state index in [0.29, 0.717) is 0 Å². The number of nitrogens with zero attached hydrogens (tertiary/aromatic N) is 1. The number of carbonyl (C=O) groups is 1. The Kier molecular flexibility index (Phi) is 3.45. The zero-order valence-corrected chi connectivity index (χ0v) is 12.5. The van der Waals surface area contributed by atoms with E-state index in [1.165, 1.54) is 18.4 Å². The van der Waals surface area contributed by atoms with Crippen molar-refractivity contribution in [3.05, 3.63) is 47.3 Å². The molecule has 2 aromatic rings. The predicted molar refractivity (Wildman–Crippen MR) is 83.7 cm³/mol. The smallest absolute Gasteiger partial charge is 0.228 e. The molecule has 1 aromatic carbocycles. The van der Waals surface area contributed by atoms with E-state index < -0.39 is 0 Å². The molecule has 0 unspecified atom stereocenters. The number of rotatable bonds is 3. The van der Waals surface area contributed by atoms with Crippen molar-refractivity contribution in [1.29, 1.82) is 0 Å². The Hall–Kier alpha value is -2.10. The maximum Gasteiger partial charge on any atom is 0.228 e. The van der Waals surface area contributed by atoms with E-state index in [0.717, 1.165) is 42.8 Å². The summed E-state index contributed by atoms with van der Waals surface area (Å²) in [5.74, 6) is 1.41. The lowest BCUT2D eigenvalue weighted by Crippen LogP contribution is -2.36. The number of carbonyl (C=O) groups excluding carboxylic acids is 1. The molecule has 1 saturated carbocycles. The van der Waals surface area contributed by atoms with Gasteiger partial charge in [0.25, 0.3) is 0 Å². The second-order valence-corrected chi connectivity index (χ2v) is 6.32. The van der Waals surface area contributed by atoms with Gasteiger partial charge in [-0.1, -0.05) is 23.4 Å². The molecule has 0 radical (unpaired) electrons. The number of para-hydroxylation sites is 1. The summed E-state index contributed by atoms with van der Waals surface area (Å²) in [6, 6.07) is 9.65. The van der Waals surface area contributed by atoms with Gasteiger partial charge in [-0.05, 0) is 44.2 Å². The van der Waals surface area contributed by atoms with Crippen molar-refractivity contribution in [2.75, 3.05) is 5.32 Å². The predicted octanol–water partition coefficient (Wildman–Crippen LogP) is 3.69. The van der Waals surface area contributed by atoms with Crippen LogP contribution in [-0.4, -0.2) is 11.1 Å². The fourth-order valence-corrected chi connectivity index (χ4v) is 3.60. The number of aryl methyl sites for hydroxylation is 1. The van der Waals surface area contributed by atoms with Gasteiger partial charge >= 0.3 is 0 Å². The van der Waals surface area contributed by atoms with Crippen molar-refractivity contribution >= 4 is 11.6 Å². The molecule has 0 spiro atoms. The Bertz CT molecular complexity index is 678. The Morgan fingerprint density at radius 2 is 1.95 bits per heavy atom. The Balaban J connectivity index is 1.50. The number of anilines is 1. The van der Waals surface area contributed by atoms with Crippen LogP contribution in [0.25, 0.3) is 0 Å². The van der Waals surface area contributed by atoms with Crippen molar-refractivity contribution < 1.29 is 9.32 Å². The average molecular weight is 296 g/mol. The van der Waals surface area contributed by atoms with Crippen molar-refractivity contribution in [2.45, 2.75) is 44.4 Å². The zero-order chi connectivity index (χ0) is 14.9. The minimum Gasteiger partial charge on any atom is -0.361 e. The van der Waals surface area contributed by atoms with E-state index in [1.807, 2.05) is 30.3 Å². The molecule has 0 aliphatic heterocycles.